The van der Waals surface area contributed by atoms with E-state index in [2.05, 4.69) is 10.1 Å². The van der Waals surface area contributed by atoms with Crippen molar-refractivity contribution in [1.29, 1.82) is 0 Å². The van der Waals surface area contributed by atoms with E-state index in [1.54, 1.807) is 24.3 Å². The molecule has 1 aliphatic rings. The summed E-state index contributed by atoms with van der Waals surface area (Å²) in [6, 6.07) is 6.62. The van der Waals surface area contributed by atoms with Crippen molar-refractivity contribution in [3.05, 3.63) is 34.9 Å². The van der Waals surface area contributed by atoms with E-state index in [9.17, 15) is 4.79 Å². The van der Waals surface area contributed by atoms with Crippen molar-refractivity contribution in [3.63, 3.8) is 0 Å². The molecule has 0 spiro atoms. The predicted octanol–water partition coefficient (Wildman–Crippen LogP) is 4.03. The maximum atomic E-state index is 11.9. The Hall–Kier alpha value is -1.10. The van der Waals surface area contributed by atoms with Crippen molar-refractivity contribution in [3.8, 4) is 0 Å². The minimum Gasteiger partial charge on any atom is -0.313 e. The molecule has 0 radical (unpaired) electrons. The van der Waals surface area contributed by atoms with Gasteiger partial charge in [-0.25, -0.2) is 4.79 Å². The van der Waals surface area contributed by atoms with E-state index in [0.29, 0.717) is 16.5 Å². The first-order chi connectivity index (χ1) is 10.1. The average Bonchev–Trinajstić information content (AvgIpc) is 2.46. The normalized spacial score (nSPS) is 19.8. The zero-order valence-corrected chi connectivity index (χ0v) is 14.5. The topological polar surface area (TPSA) is 41.9 Å². The van der Waals surface area contributed by atoms with E-state index < -0.39 is 5.97 Å². The van der Waals surface area contributed by atoms with Gasteiger partial charge in [0.25, 0.3) is 0 Å². The van der Waals surface area contributed by atoms with E-state index in [1.807, 2.05) is 14.1 Å². The van der Waals surface area contributed by atoms with E-state index in [-0.39, 0.29) is 12.4 Å². The summed E-state index contributed by atoms with van der Waals surface area (Å²) >= 11 is 5.80. The number of rotatable bonds is 4. The number of carbonyl (C=O) groups is 1. The van der Waals surface area contributed by atoms with Gasteiger partial charge in [-0.2, -0.15) is 0 Å². The lowest BCUT2D eigenvalue weighted by Gasteiger charge is -2.25. The summed E-state index contributed by atoms with van der Waals surface area (Å²) in [5, 5.41) is 4.72. The molecule has 1 aliphatic carbocycles. The van der Waals surface area contributed by atoms with Gasteiger partial charge in [-0.05, 0) is 57.6 Å². The Labute approximate surface area is 142 Å². The number of hydrogen-bond acceptors (Lipinski definition) is 4. The molecule has 1 aromatic carbocycles. The van der Waals surface area contributed by atoms with Crippen LogP contribution in [0.25, 0.3) is 0 Å². The van der Waals surface area contributed by atoms with Crippen LogP contribution >= 0.6 is 24.0 Å². The van der Waals surface area contributed by atoms with Gasteiger partial charge >= 0.3 is 5.97 Å². The largest absolute Gasteiger partial charge is 0.365 e. The monoisotopic (exact) mass is 344 g/mol. The molecular formula is C16H22Cl2N2O2. The zero-order chi connectivity index (χ0) is 15.2. The van der Waals surface area contributed by atoms with Crippen molar-refractivity contribution in [1.82, 2.24) is 4.90 Å². The molecule has 0 aromatic heterocycles. The van der Waals surface area contributed by atoms with Crippen LogP contribution in [0.1, 0.15) is 36.0 Å². The minimum absolute atomic E-state index is 0. The molecule has 1 unspecified atom stereocenters. The Balaban J connectivity index is 0.00000242. The Morgan fingerprint density at radius 1 is 1.32 bits per heavy atom. The molecule has 0 heterocycles. The molecule has 1 saturated carbocycles. The van der Waals surface area contributed by atoms with Crippen molar-refractivity contribution in [2.75, 3.05) is 20.6 Å². The molecule has 2 rings (SSSR count). The van der Waals surface area contributed by atoms with Crippen LogP contribution in [0, 0.1) is 5.92 Å². The summed E-state index contributed by atoms with van der Waals surface area (Å²) in [5.41, 5.74) is 1.46. The minimum atomic E-state index is -0.437. The Morgan fingerprint density at radius 2 is 2.00 bits per heavy atom. The van der Waals surface area contributed by atoms with Gasteiger partial charge in [-0.1, -0.05) is 23.2 Å². The van der Waals surface area contributed by atoms with Crippen LogP contribution in [0.2, 0.25) is 5.02 Å². The molecule has 1 fully saturated rings. The first kappa shape index (κ1) is 18.9. The quantitative estimate of drug-likeness (QED) is 0.611. The Morgan fingerprint density at radius 3 is 2.64 bits per heavy atom. The van der Waals surface area contributed by atoms with Crippen LogP contribution in [0.4, 0.5) is 0 Å². The summed E-state index contributed by atoms with van der Waals surface area (Å²) in [6.45, 7) is 0.942. The van der Waals surface area contributed by atoms with Crippen LogP contribution < -0.4 is 0 Å². The van der Waals surface area contributed by atoms with Gasteiger partial charge in [0, 0.05) is 17.5 Å². The van der Waals surface area contributed by atoms with Gasteiger partial charge in [-0.15, -0.1) is 12.4 Å². The average molecular weight is 345 g/mol. The molecule has 4 nitrogen and oxygen atoms in total. The fraction of sp³-hybridized carbons (Fsp3) is 0.500. The van der Waals surface area contributed by atoms with E-state index in [1.165, 1.54) is 6.42 Å². The van der Waals surface area contributed by atoms with Crippen LogP contribution in [0.15, 0.2) is 29.4 Å². The third-order valence-corrected chi connectivity index (χ3v) is 3.87. The summed E-state index contributed by atoms with van der Waals surface area (Å²) in [5.74, 6) is -0.0555. The molecule has 6 heteroatoms. The molecule has 22 heavy (non-hydrogen) atoms. The number of hydrogen-bond donors (Lipinski definition) is 0. The third-order valence-electron chi connectivity index (χ3n) is 3.62. The Kier molecular flexibility index (Phi) is 7.87. The lowest BCUT2D eigenvalue weighted by atomic mass is 9.87. The first-order valence-electron chi connectivity index (χ1n) is 7.24. The second kappa shape index (κ2) is 9.13. The molecule has 1 atom stereocenters. The first-order valence-corrected chi connectivity index (χ1v) is 7.62. The van der Waals surface area contributed by atoms with Crippen LogP contribution in [-0.4, -0.2) is 37.2 Å². The molecule has 0 aliphatic heterocycles. The highest BCUT2D eigenvalue weighted by Crippen LogP contribution is 2.22. The van der Waals surface area contributed by atoms with Crippen LogP contribution in [0.3, 0.4) is 0 Å². The van der Waals surface area contributed by atoms with Crippen LogP contribution in [-0.2, 0) is 4.84 Å². The maximum absolute atomic E-state index is 11.9. The van der Waals surface area contributed by atoms with E-state index in [0.717, 1.165) is 31.5 Å². The zero-order valence-electron chi connectivity index (χ0n) is 12.9. The predicted molar refractivity (Wildman–Crippen MR) is 92.1 cm³/mol. The van der Waals surface area contributed by atoms with Crippen molar-refractivity contribution >= 4 is 35.7 Å². The molecule has 122 valence electrons. The summed E-state index contributed by atoms with van der Waals surface area (Å²) in [7, 11) is 4.10. The highest BCUT2D eigenvalue weighted by molar-refractivity contribution is 6.30. The summed E-state index contributed by atoms with van der Waals surface area (Å²) in [6.07, 6.45) is 4.34. The number of benzene rings is 1. The second-order valence-corrected chi connectivity index (χ2v) is 6.11. The van der Waals surface area contributed by atoms with Gasteiger partial charge in [0.2, 0.25) is 0 Å². The third kappa shape index (κ3) is 5.59. The van der Waals surface area contributed by atoms with E-state index >= 15 is 0 Å². The van der Waals surface area contributed by atoms with Crippen molar-refractivity contribution in [2.24, 2.45) is 11.1 Å². The smallest absolute Gasteiger partial charge is 0.313 e. The second-order valence-electron chi connectivity index (χ2n) is 5.67. The highest BCUT2D eigenvalue weighted by atomic mass is 35.5. The SMILES string of the molecule is CN(C)CC1CCCC/C1=N\OC(=O)c1ccc(Cl)cc1.Cl. The van der Waals surface area contributed by atoms with Gasteiger partial charge in [0.05, 0.1) is 11.3 Å². The number of carbonyl (C=O) groups excluding carboxylic acids is 1. The summed E-state index contributed by atoms with van der Waals surface area (Å²) in [4.78, 5) is 19.2. The van der Waals surface area contributed by atoms with Crippen molar-refractivity contribution < 1.29 is 9.63 Å². The fourth-order valence-corrected chi connectivity index (χ4v) is 2.69. The molecule has 1 aromatic rings. The lowest BCUT2D eigenvalue weighted by Crippen LogP contribution is -2.30. The standard InChI is InChI=1S/C16H21ClN2O2.ClH/c1-19(2)11-13-5-3-4-6-15(13)18-21-16(20)12-7-9-14(17)10-8-12;/h7-10,13H,3-6,11H2,1-2H3;1H/b18-15+;. The molecule has 0 amide bonds. The number of halogens is 2. The number of oxime groups is 1. The molecule has 0 saturated heterocycles. The molecular weight excluding hydrogens is 323 g/mol. The van der Waals surface area contributed by atoms with Gasteiger partial charge in [-0.3, -0.25) is 0 Å². The van der Waals surface area contributed by atoms with Gasteiger partial charge < -0.3 is 9.74 Å². The van der Waals surface area contributed by atoms with Gasteiger partial charge in [0.1, 0.15) is 0 Å². The number of nitrogens with zero attached hydrogens (tertiary/aromatic N) is 2. The van der Waals surface area contributed by atoms with Crippen LogP contribution in [0.5, 0.6) is 0 Å². The lowest BCUT2D eigenvalue weighted by molar-refractivity contribution is 0.0511. The maximum Gasteiger partial charge on any atom is 0.365 e. The van der Waals surface area contributed by atoms with E-state index in [4.69, 9.17) is 16.4 Å². The Bertz CT molecular complexity index is 515. The molecule has 0 N–H and O–H groups in total. The van der Waals surface area contributed by atoms with Gasteiger partial charge in [0.15, 0.2) is 0 Å². The van der Waals surface area contributed by atoms with Crippen molar-refractivity contribution in [2.45, 2.75) is 25.7 Å². The highest BCUT2D eigenvalue weighted by Gasteiger charge is 2.22. The summed E-state index contributed by atoms with van der Waals surface area (Å²) < 4.78 is 0. The fourth-order valence-electron chi connectivity index (χ4n) is 2.56. The molecule has 0 bridgehead atoms.